The molecule has 204 valence electrons. The second kappa shape index (κ2) is 14.7. The number of nitrogens with zero attached hydrogens (tertiary/aromatic N) is 5. The van der Waals surface area contributed by atoms with Crippen molar-refractivity contribution in [1.82, 2.24) is 19.5 Å². The Balaban J connectivity index is 0.000000180. The Kier molecular flexibility index (Phi) is 11.0. The van der Waals surface area contributed by atoms with E-state index >= 15 is 0 Å². The molecule has 0 aliphatic heterocycles. The SMILES string of the molecule is Br.BrCc1ccncc1.O=[N+]([O-])c1cccc2[nH]ccc12.O=[N+]([O-])c1cccc2c1ccn2Cc1ccncc1. The summed E-state index contributed by atoms with van der Waals surface area (Å²) in [4.78, 5) is 31.5. The first-order chi connectivity index (χ1) is 19.0. The van der Waals surface area contributed by atoms with Gasteiger partial charge in [-0.1, -0.05) is 28.1 Å². The molecular formula is C28H24Br2N6O4. The number of non-ortho nitro benzene ring substituents is 2. The normalized spacial score (nSPS) is 10.0. The highest BCUT2D eigenvalue weighted by Gasteiger charge is 2.13. The van der Waals surface area contributed by atoms with E-state index in [0.29, 0.717) is 17.3 Å². The van der Waals surface area contributed by atoms with Gasteiger partial charge in [0.05, 0.1) is 31.7 Å². The first-order valence-corrected chi connectivity index (χ1v) is 12.9. The summed E-state index contributed by atoms with van der Waals surface area (Å²) >= 11 is 3.33. The van der Waals surface area contributed by atoms with Gasteiger partial charge in [0.2, 0.25) is 0 Å². The molecule has 0 unspecified atom stereocenters. The van der Waals surface area contributed by atoms with Crippen LogP contribution < -0.4 is 0 Å². The van der Waals surface area contributed by atoms with E-state index in [2.05, 4.69) is 30.9 Å². The molecule has 0 spiro atoms. The lowest BCUT2D eigenvalue weighted by molar-refractivity contribution is -0.383. The molecule has 12 heteroatoms. The summed E-state index contributed by atoms with van der Waals surface area (Å²) in [7, 11) is 0. The maximum atomic E-state index is 11.0. The summed E-state index contributed by atoms with van der Waals surface area (Å²) in [5.74, 6) is 0. The van der Waals surface area contributed by atoms with E-state index in [0.717, 1.165) is 21.9 Å². The van der Waals surface area contributed by atoms with Crippen molar-refractivity contribution in [3.05, 3.63) is 141 Å². The molecule has 1 N–H and O–H groups in total. The molecule has 0 saturated heterocycles. The standard InChI is InChI=1S/C14H11N3O2.C8H6N2O2.C6H6BrN.BrH/c18-17(19)14-3-1-2-13-12(14)6-9-16(13)10-11-4-7-15-8-5-11;11-10(12)8-3-1-2-7-6(8)4-5-9-7;7-5-6-1-3-8-4-2-6;/h1-9H,10H2;1-5,9H;1-4H,5H2;1H. The van der Waals surface area contributed by atoms with Crippen molar-refractivity contribution >= 4 is 66.1 Å². The Morgan fingerprint density at radius 3 is 1.90 bits per heavy atom. The minimum absolute atomic E-state index is 0. The van der Waals surface area contributed by atoms with Gasteiger partial charge < -0.3 is 9.55 Å². The molecule has 0 radical (unpaired) electrons. The highest BCUT2D eigenvalue weighted by Crippen LogP contribution is 2.27. The van der Waals surface area contributed by atoms with Gasteiger partial charge in [-0.2, -0.15) is 0 Å². The van der Waals surface area contributed by atoms with Crippen LogP contribution in [0.3, 0.4) is 0 Å². The zero-order chi connectivity index (χ0) is 27.6. The molecule has 4 heterocycles. The number of nitro groups is 2. The fourth-order valence-electron chi connectivity index (χ4n) is 3.89. The number of nitrogens with one attached hydrogen (secondary N) is 1. The predicted molar refractivity (Wildman–Crippen MR) is 164 cm³/mol. The van der Waals surface area contributed by atoms with Gasteiger partial charge in [0.15, 0.2) is 0 Å². The molecule has 6 aromatic rings. The lowest BCUT2D eigenvalue weighted by atomic mass is 10.2. The Morgan fingerprint density at radius 1 is 0.750 bits per heavy atom. The molecule has 0 saturated carbocycles. The van der Waals surface area contributed by atoms with E-state index in [9.17, 15) is 20.2 Å². The molecule has 0 amide bonds. The van der Waals surface area contributed by atoms with Gasteiger partial charge >= 0.3 is 0 Å². The third kappa shape index (κ3) is 7.58. The van der Waals surface area contributed by atoms with Crippen molar-refractivity contribution in [3.8, 4) is 0 Å². The Morgan fingerprint density at radius 2 is 1.32 bits per heavy atom. The zero-order valence-electron chi connectivity index (χ0n) is 21.0. The molecular weight excluding hydrogens is 644 g/mol. The molecule has 0 aliphatic rings. The fraction of sp³-hybridized carbons (Fsp3) is 0.0714. The fourth-order valence-corrected chi connectivity index (χ4v) is 4.26. The number of hydrogen-bond acceptors (Lipinski definition) is 6. The van der Waals surface area contributed by atoms with Gasteiger partial charge in [0.1, 0.15) is 0 Å². The molecule has 0 aliphatic carbocycles. The van der Waals surface area contributed by atoms with E-state index in [1.165, 1.54) is 17.7 Å². The predicted octanol–water partition coefficient (Wildman–Crippen LogP) is 7.62. The van der Waals surface area contributed by atoms with E-state index < -0.39 is 0 Å². The Labute approximate surface area is 247 Å². The van der Waals surface area contributed by atoms with Crippen LogP contribution in [0.25, 0.3) is 21.8 Å². The first kappa shape index (κ1) is 30.1. The van der Waals surface area contributed by atoms with E-state index in [4.69, 9.17) is 0 Å². The van der Waals surface area contributed by atoms with Gasteiger partial charge in [-0.15, -0.1) is 17.0 Å². The number of rotatable bonds is 5. The van der Waals surface area contributed by atoms with Crippen LogP contribution in [0.5, 0.6) is 0 Å². The molecule has 10 nitrogen and oxygen atoms in total. The molecule has 40 heavy (non-hydrogen) atoms. The summed E-state index contributed by atoms with van der Waals surface area (Å²) in [6.45, 7) is 0.674. The van der Waals surface area contributed by atoms with Gasteiger partial charge in [0.25, 0.3) is 11.4 Å². The number of benzene rings is 2. The maximum Gasteiger partial charge on any atom is 0.278 e. The van der Waals surface area contributed by atoms with Crippen molar-refractivity contribution < 1.29 is 9.85 Å². The Bertz CT molecular complexity index is 1690. The lowest BCUT2D eigenvalue weighted by Crippen LogP contribution is -1.98. The van der Waals surface area contributed by atoms with Crippen LogP contribution in [-0.2, 0) is 11.9 Å². The number of fused-ring (bicyclic) bond motifs is 2. The van der Waals surface area contributed by atoms with E-state index in [1.807, 2.05) is 47.2 Å². The smallest absolute Gasteiger partial charge is 0.278 e. The summed E-state index contributed by atoms with van der Waals surface area (Å²) in [6.07, 6.45) is 10.6. The van der Waals surface area contributed by atoms with Gasteiger partial charge in [-0.3, -0.25) is 30.2 Å². The van der Waals surface area contributed by atoms with Crippen molar-refractivity contribution in [2.24, 2.45) is 0 Å². The molecule has 0 bridgehead atoms. The Hall–Kier alpha value is -4.42. The number of aromatic nitrogens is 4. The van der Waals surface area contributed by atoms with Crippen LogP contribution in [0.4, 0.5) is 11.4 Å². The third-order valence-electron chi connectivity index (χ3n) is 5.76. The second-order valence-corrected chi connectivity index (χ2v) is 8.79. The number of nitro benzene ring substituents is 2. The average Bonchev–Trinajstić information content (AvgIpc) is 3.62. The summed E-state index contributed by atoms with van der Waals surface area (Å²) in [6, 6.07) is 21.4. The summed E-state index contributed by atoms with van der Waals surface area (Å²) < 4.78 is 2.00. The van der Waals surface area contributed by atoms with Gasteiger partial charge in [-0.05, 0) is 59.7 Å². The van der Waals surface area contributed by atoms with Crippen molar-refractivity contribution in [3.63, 3.8) is 0 Å². The van der Waals surface area contributed by atoms with Crippen LogP contribution in [0.15, 0.2) is 110 Å². The van der Waals surface area contributed by atoms with Crippen LogP contribution in [0.2, 0.25) is 0 Å². The van der Waals surface area contributed by atoms with Crippen molar-refractivity contribution in [1.29, 1.82) is 0 Å². The molecule has 4 aromatic heterocycles. The number of aromatic amines is 1. The van der Waals surface area contributed by atoms with E-state index in [-0.39, 0.29) is 38.2 Å². The van der Waals surface area contributed by atoms with Gasteiger partial charge in [-0.25, -0.2) is 0 Å². The molecule has 0 fully saturated rings. The number of halogens is 2. The molecule has 2 aromatic carbocycles. The van der Waals surface area contributed by atoms with Crippen molar-refractivity contribution in [2.75, 3.05) is 0 Å². The highest BCUT2D eigenvalue weighted by atomic mass is 79.9. The highest BCUT2D eigenvalue weighted by molar-refractivity contribution is 9.08. The topological polar surface area (TPSA) is 133 Å². The summed E-state index contributed by atoms with van der Waals surface area (Å²) in [5.41, 5.74) is 4.33. The van der Waals surface area contributed by atoms with Crippen LogP contribution in [0, 0.1) is 20.2 Å². The monoisotopic (exact) mass is 666 g/mol. The lowest BCUT2D eigenvalue weighted by Gasteiger charge is -2.05. The second-order valence-electron chi connectivity index (χ2n) is 8.23. The average molecular weight is 668 g/mol. The first-order valence-electron chi connectivity index (χ1n) is 11.7. The number of alkyl halides is 1. The molecule has 0 atom stereocenters. The number of hydrogen-bond donors (Lipinski definition) is 1. The zero-order valence-corrected chi connectivity index (χ0v) is 24.3. The third-order valence-corrected chi connectivity index (χ3v) is 6.41. The van der Waals surface area contributed by atoms with Crippen molar-refractivity contribution in [2.45, 2.75) is 11.9 Å². The quantitative estimate of drug-likeness (QED) is 0.114. The number of pyridine rings is 2. The van der Waals surface area contributed by atoms with E-state index in [1.54, 1.807) is 55.2 Å². The summed E-state index contributed by atoms with van der Waals surface area (Å²) in [5, 5.41) is 23.7. The van der Waals surface area contributed by atoms with Crippen LogP contribution in [0.1, 0.15) is 11.1 Å². The minimum Gasteiger partial charge on any atom is -0.361 e. The van der Waals surface area contributed by atoms with Crippen LogP contribution >= 0.6 is 32.9 Å². The molecule has 6 rings (SSSR count). The largest absolute Gasteiger partial charge is 0.361 e. The number of H-pyrrole nitrogens is 1. The van der Waals surface area contributed by atoms with Crippen LogP contribution in [-0.4, -0.2) is 29.4 Å². The van der Waals surface area contributed by atoms with Gasteiger partial charge in [0, 0.05) is 61.2 Å². The minimum atomic E-state index is -0.379. The maximum absolute atomic E-state index is 11.0.